The minimum Gasteiger partial charge on any atom is -0.399 e. The van der Waals surface area contributed by atoms with Gasteiger partial charge in [0, 0.05) is 20.9 Å². The van der Waals surface area contributed by atoms with E-state index < -0.39 is 0 Å². The fourth-order valence-electron chi connectivity index (χ4n) is 1.89. The molecule has 20 heavy (non-hydrogen) atoms. The summed E-state index contributed by atoms with van der Waals surface area (Å²) in [5.41, 5.74) is 18.6. The van der Waals surface area contributed by atoms with Crippen LogP contribution >= 0.6 is 11.8 Å². The molecule has 0 spiro atoms. The molecular formula is C14H13N5S. The summed E-state index contributed by atoms with van der Waals surface area (Å²) in [4.78, 5) is 10.3. The lowest BCUT2D eigenvalue weighted by Gasteiger charge is -2.06. The van der Waals surface area contributed by atoms with E-state index in [4.69, 9.17) is 17.2 Å². The maximum absolute atomic E-state index is 5.88. The zero-order valence-electron chi connectivity index (χ0n) is 10.6. The number of nitrogens with two attached hydrogens (primary N) is 3. The summed E-state index contributed by atoms with van der Waals surface area (Å²) in [5.74, 6) is 0.584. The first kappa shape index (κ1) is 12.6. The predicted molar refractivity (Wildman–Crippen MR) is 83.3 cm³/mol. The summed E-state index contributed by atoms with van der Waals surface area (Å²) in [6.07, 6.45) is 0. The number of anilines is 3. The number of hydrogen-bond donors (Lipinski definition) is 3. The first-order valence-corrected chi connectivity index (χ1v) is 6.79. The summed E-state index contributed by atoms with van der Waals surface area (Å²) in [5, 5.41) is 0.805. The minimum atomic E-state index is 0.189. The van der Waals surface area contributed by atoms with Crippen molar-refractivity contribution in [3.05, 3.63) is 42.5 Å². The van der Waals surface area contributed by atoms with Gasteiger partial charge in [0.2, 0.25) is 5.95 Å². The van der Waals surface area contributed by atoms with Crippen LogP contribution in [0.25, 0.3) is 10.9 Å². The summed E-state index contributed by atoms with van der Waals surface area (Å²) in [7, 11) is 0. The maximum Gasteiger partial charge on any atom is 0.222 e. The second-order valence-corrected chi connectivity index (χ2v) is 5.46. The summed E-state index contributed by atoms with van der Waals surface area (Å²) in [6, 6.07) is 13.5. The highest BCUT2D eigenvalue weighted by Crippen LogP contribution is 2.31. The lowest BCUT2D eigenvalue weighted by atomic mass is 10.2. The van der Waals surface area contributed by atoms with Crippen molar-refractivity contribution in [2.24, 2.45) is 0 Å². The Kier molecular flexibility index (Phi) is 3.08. The molecule has 3 rings (SSSR count). The molecule has 1 heterocycles. The Morgan fingerprint density at radius 1 is 0.800 bits per heavy atom. The van der Waals surface area contributed by atoms with Crippen LogP contribution in [0, 0.1) is 0 Å². The van der Waals surface area contributed by atoms with E-state index in [2.05, 4.69) is 9.97 Å². The van der Waals surface area contributed by atoms with Crippen LogP contribution in [0.2, 0.25) is 0 Å². The molecule has 5 nitrogen and oxygen atoms in total. The highest BCUT2D eigenvalue weighted by Gasteiger charge is 2.05. The molecular weight excluding hydrogens is 270 g/mol. The third kappa shape index (κ3) is 2.46. The quantitative estimate of drug-likeness (QED) is 0.624. The van der Waals surface area contributed by atoms with Crippen LogP contribution in [0.15, 0.2) is 52.3 Å². The van der Waals surface area contributed by atoms with E-state index in [1.54, 1.807) is 11.8 Å². The van der Waals surface area contributed by atoms with E-state index in [0.717, 1.165) is 26.4 Å². The monoisotopic (exact) mass is 283 g/mol. The fraction of sp³-hybridized carbons (Fsp3) is 0. The number of nitrogen functional groups attached to an aromatic ring is 3. The first-order chi connectivity index (χ1) is 9.61. The van der Waals surface area contributed by atoms with Gasteiger partial charge >= 0.3 is 0 Å². The van der Waals surface area contributed by atoms with Gasteiger partial charge in [0.15, 0.2) is 0 Å². The van der Waals surface area contributed by atoms with Crippen molar-refractivity contribution < 1.29 is 0 Å². The van der Waals surface area contributed by atoms with Crippen molar-refractivity contribution >= 4 is 40.1 Å². The second kappa shape index (κ2) is 4.90. The normalized spacial score (nSPS) is 10.8. The van der Waals surface area contributed by atoms with E-state index >= 15 is 0 Å². The van der Waals surface area contributed by atoms with Crippen molar-refractivity contribution in [2.75, 3.05) is 17.2 Å². The predicted octanol–water partition coefficient (Wildman–Crippen LogP) is 2.53. The molecule has 0 amide bonds. The van der Waals surface area contributed by atoms with Crippen molar-refractivity contribution in [3.8, 4) is 0 Å². The van der Waals surface area contributed by atoms with E-state index in [0.29, 0.717) is 5.82 Å². The van der Waals surface area contributed by atoms with Crippen LogP contribution in [0.4, 0.5) is 17.5 Å². The number of fused-ring (bicyclic) bond motifs is 1. The van der Waals surface area contributed by atoms with Crippen molar-refractivity contribution in [1.29, 1.82) is 0 Å². The molecule has 0 bridgehead atoms. The van der Waals surface area contributed by atoms with Crippen molar-refractivity contribution in [1.82, 2.24) is 9.97 Å². The van der Waals surface area contributed by atoms with Crippen LogP contribution in [0.3, 0.4) is 0 Å². The van der Waals surface area contributed by atoms with E-state index in [9.17, 15) is 0 Å². The third-order valence-electron chi connectivity index (χ3n) is 2.83. The standard InChI is InChI=1S/C14H13N5S/c15-8-1-3-9(4-2-8)20-10-5-6-12-11(7-10)13(16)19-14(17)18-12/h1-7H,15H2,(H4,16,17,18,19). The average Bonchev–Trinajstić information content (AvgIpc) is 2.42. The van der Waals surface area contributed by atoms with Crippen molar-refractivity contribution in [2.45, 2.75) is 9.79 Å². The molecule has 6 heteroatoms. The van der Waals surface area contributed by atoms with Crippen LogP contribution in [-0.2, 0) is 0 Å². The Balaban J connectivity index is 1.98. The summed E-state index contributed by atoms with van der Waals surface area (Å²) in [6.45, 7) is 0. The fourth-order valence-corrected chi connectivity index (χ4v) is 2.74. The highest BCUT2D eigenvalue weighted by atomic mass is 32.2. The largest absolute Gasteiger partial charge is 0.399 e. The van der Waals surface area contributed by atoms with Gasteiger partial charge in [0.1, 0.15) is 5.82 Å². The zero-order chi connectivity index (χ0) is 14.1. The van der Waals surface area contributed by atoms with Crippen LogP contribution < -0.4 is 17.2 Å². The molecule has 0 saturated carbocycles. The van der Waals surface area contributed by atoms with Gasteiger partial charge in [0.25, 0.3) is 0 Å². The Bertz CT molecular complexity index is 770. The molecule has 100 valence electrons. The highest BCUT2D eigenvalue weighted by molar-refractivity contribution is 7.99. The Labute approximate surface area is 120 Å². The molecule has 3 aromatic rings. The lowest BCUT2D eigenvalue weighted by Crippen LogP contribution is -2.00. The molecule has 0 unspecified atom stereocenters. The molecule has 0 atom stereocenters. The number of nitrogens with zero attached hydrogens (tertiary/aromatic N) is 2. The van der Waals surface area contributed by atoms with Crippen LogP contribution in [0.5, 0.6) is 0 Å². The van der Waals surface area contributed by atoms with Gasteiger partial charge in [-0.1, -0.05) is 11.8 Å². The number of hydrogen-bond acceptors (Lipinski definition) is 6. The number of rotatable bonds is 2. The van der Waals surface area contributed by atoms with Gasteiger partial charge in [-0.05, 0) is 42.5 Å². The molecule has 0 aliphatic carbocycles. The first-order valence-electron chi connectivity index (χ1n) is 5.98. The van der Waals surface area contributed by atoms with Gasteiger partial charge in [-0.15, -0.1) is 0 Å². The van der Waals surface area contributed by atoms with Gasteiger partial charge in [-0.3, -0.25) is 0 Å². The topological polar surface area (TPSA) is 104 Å². The molecule has 2 aromatic carbocycles. The molecule has 0 saturated heterocycles. The molecule has 0 fully saturated rings. The van der Waals surface area contributed by atoms with Crippen LogP contribution in [0.1, 0.15) is 0 Å². The van der Waals surface area contributed by atoms with Gasteiger partial charge in [-0.2, -0.15) is 4.98 Å². The summed E-state index contributed by atoms with van der Waals surface area (Å²) < 4.78 is 0. The number of benzene rings is 2. The average molecular weight is 283 g/mol. The third-order valence-corrected chi connectivity index (χ3v) is 3.83. The number of aromatic nitrogens is 2. The van der Waals surface area contributed by atoms with E-state index in [1.165, 1.54) is 0 Å². The van der Waals surface area contributed by atoms with Gasteiger partial charge in [-0.25, -0.2) is 4.98 Å². The Morgan fingerprint density at radius 2 is 1.50 bits per heavy atom. The summed E-state index contributed by atoms with van der Waals surface area (Å²) >= 11 is 1.63. The Hall–Kier alpha value is -2.47. The van der Waals surface area contributed by atoms with Crippen molar-refractivity contribution in [3.63, 3.8) is 0 Å². The molecule has 6 N–H and O–H groups in total. The molecule has 0 radical (unpaired) electrons. The molecule has 0 aliphatic rings. The van der Waals surface area contributed by atoms with Crippen LogP contribution in [-0.4, -0.2) is 9.97 Å². The Morgan fingerprint density at radius 3 is 2.25 bits per heavy atom. The lowest BCUT2D eigenvalue weighted by molar-refractivity contribution is 1.24. The second-order valence-electron chi connectivity index (χ2n) is 4.32. The van der Waals surface area contributed by atoms with E-state index in [-0.39, 0.29) is 5.95 Å². The zero-order valence-corrected chi connectivity index (χ0v) is 11.4. The SMILES string of the molecule is Nc1ccc(Sc2ccc3nc(N)nc(N)c3c2)cc1. The van der Waals surface area contributed by atoms with E-state index in [1.807, 2.05) is 42.5 Å². The smallest absolute Gasteiger partial charge is 0.222 e. The van der Waals surface area contributed by atoms with Gasteiger partial charge in [0.05, 0.1) is 5.52 Å². The minimum absolute atomic E-state index is 0.189. The molecule has 0 aliphatic heterocycles. The molecule has 1 aromatic heterocycles. The van der Waals surface area contributed by atoms with Gasteiger partial charge < -0.3 is 17.2 Å². The maximum atomic E-state index is 5.88.